The molecule has 1 saturated heterocycles. The second-order valence-electron chi connectivity index (χ2n) is 9.22. The molecule has 1 unspecified atom stereocenters. The first-order valence-electron chi connectivity index (χ1n) is 12.8. The molecule has 3 amide bonds. The molecule has 1 aliphatic rings. The van der Waals surface area contributed by atoms with Crippen LogP contribution in [0.4, 0.5) is 10.6 Å². The molecule has 4 rings (SSSR count). The van der Waals surface area contributed by atoms with E-state index in [1.54, 1.807) is 17.0 Å². The Bertz CT molecular complexity index is 1230. The molecule has 2 heterocycles. The SMILES string of the molecule is CCCNC(=O)N(CC(=O)N1CCN(c2ccc(-c3ccc(Cl)cc3Cl)nn2)CC1)C(C)c1ccccc1. The van der Waals surface area contributed by atoms with Crippen LogP contribution in [0, 0.1) is 0 Å². The summed E-state index contributed by atoms with van der Waals surface area (Å²) in [5.74, 6) is 0.669. The van der Waals surface area contributed by atoms with Crippen LogP contribution in [0.2, 0.25) is 10.0 Å². The third kappa shape index (κ3) is 6.74. The number of carbonyl (C=O) groups is 2. The van der Waals surface area contributed by atoms with Gasteiger partial charge in [-0.05, 0) is 49.2 Å². The quantitative estimate of drug-likeness (QED) is 0.409. The molecule has 2 aromatic carbocycles. The zero-order chi connectivity index (χ0) is 27.1. The average molecular weight is 556 g/mol. The molecule has 0 spiro atoms. The molecule has 200 valence electrons. The van der Waals surface area contributed by atoms with Crippen molar-refractivity contribution in [1.29, 1.82) is 0 Å². The number of anilines is 1. The Hall–Kier alpha value is -3.36. The van der Waals surface area contributed by atoms with Gasteiger partial charge in [-0.1, -0.05) is 60.5 Å². The van der Waals surface area contributed by atoms with E-state index in [1.165, 1.54) is 0 Å². The summed E-state index contributed by atoms with van der Waals surface area (Å²) in [6.45, 7) is 6.85. The van der Waals surface area contributed by atoms with E-state index in [1.807, 2.05) is 67.3 Å². The number of carbonyl (C=O) groups excluding carboxylic acids is 2. The number of nitrogens with zero attached hydrogens (tertiary/aromatic N) is 5. The number of benzene rings is 2. The maximum absolute atomic E-state index is 13.3. The van der Waals surface area contributed by atoms with Crippen molar-refractivity contribution in [2.45, 2.75) is 26.3 Å². The minimum Gasteiger partial charge on any atom is -0.352 e. The topological polar surface area (TPSA) is 81.7 Å². The van der Waals surface area contributed by atoms with Gasteiger partial charge in [0.05, 0.1) is 16.8 Å². The molecule has 3 aromatic rings. The van der Waals surface area contributed by atoms with Crippen molar-refractivity contribution < 1.29 is 9.59 Å². The standard InChI is InChI=1S/C28H32Cl2N6O2/c1-3-13-31-28(38)36(20(2)21-7-5-4-6-8-21)19-27(37)35-16-14-34(15-17-35)26-12-11-25(32-33-26)23-10-9-22(29)18-24(23)30/h4-12,18,20H,3,13-17,19H2,1-2H3,(H,31,38). The van der Waals surface area contributed by atoms with Gasteiger partial charge in [0.2, 0.25) is 5.91 Å². The highest BCUT2D eigenvalue weighted by atomic mass is 35.5. The minimum absolute atomic E-state index is 0.0158. The summed E-state index contributed by atoms with van der Waals surface area (Å²) in [5.41, 5.74) is 2.42. The first kappa shape index (κ1) is 27.7. The van der Waals surface area contributed by atoms with Crippen molar-refractivity contribution in [3.63, 3.8) is 0 Å². The molecule has 1 aliphatic heterocycles. The van der Waals surface area contributed by atoms with Crippen molar-refractivity contribution in [2.75, 3.05) is 44.2 Å². The summed E-state index contributed by atoms with van der Waals surface area (Å²) in [6.07, 6.45) is 0.825. The van der Waals surface area contributed by atoms with Gasteiger partial charge in [0.1, 0.15) is 6.54 Å². The number of hydrogen-bond donors (Lipinski definition) is 1. The van der Waals surface area contributed by atoms with Crippen LogP contribution in [0.25, 0.3) is 11.3 Å². The van der Waals surface area contributed by atoms with Crippen LogP contribution in [-0.2, 0) is 4.79 Å². The number of piperazine rings is 1. The van der Waals surface area contributed by atoms with E-state index >= 15 is 0 Å². The average Bonchev–Trinajstić information content (AvgIpc) is 2.95. The van der Waals surface area contributed by atoms with Gasteiger partial charge in [0.15, 0.2) is 5.82 Å². The third-order valence-electron chi connectivity index (χ3n) is 6.66. The summed E-state index contributed by atoms with van der Waals surface area (Å²) >= 11 is 12.3. The fourth-order valence-electron chi connectivity index (χ4n) is 4.40. The van der Waals surface area contributed by atoms with Crippen molar-refractivity contribution in [3.8, 4) is 11.3 Å². The molecule has 0 aliphatic carbocycles. The van der Waals surface area contributed by atoms with E-state index in [9.17, 15) is 9.59 Å². The normalized spacial score (nSPS) is 14.2. The van der Waals surface area contributed by atoms with Crippen LogP contribution in [0.1, 0.15) is 31.9 Å². The number of urea groups is 1. The van der Waals surface area contributed by atoms with Gasteiger partial charge < -0.3 is 20.0 Å². The van der Waals surface area contributed by atoms with Gasteiger partial charge in [-0.3, -0.25) is 4.79 Å². The van der Waals surface area contributed by atoms with Crippen LogP contribution < -0.4 is 10.2 Å². The monoisotopic (exact) mass is 554 g/mol. The van der Waals surface area contributed by atoms with Gasteiger partial charge in [0.25, 0.3) is 0 Å². The van der Waals surface area contributed by atoms with E-state index in [4.69, 9.17) is 23.2 Å². The molecule has 1 fully saturated rings. The zero-order valence-electron chi connectivity index (χ0n) is 21.6. The molecule has 8 nitrogen and oxygen atoms in total. The highest BCUT2D eigenvalue weighted by Crippen LogP contribution is 2.29. The highest BCUT2D eigenvalue weighted by Gasteiger charge is 2.28. The summed E-state index contributed by atoms with van der Waals surface area (Å²) in [7, 11) is 0. The molecule has 10 heteroatoms. The number of hydrogen-bond acceptors (Lipinski definition) is 5. The van der Waals surface area contributed by atoms with Gasteiger partial charge in [-0.15, -0.1) is 10.2 Å². The van der Waals surface area contributed by atoms with Gasteiger partial charge >= 0.3 is 6.03 Å². The number of aromatic nitrogens is 2. The van der Waals surface area contributed by atoms with Crippen LogP contribution in [0.15, 0.2) is 60.7 Å². The second kappa shape index (κ2) is 12.9. The Morgan fingerprint density at radius 1 is 1.00 bits per heavy atom. The smallest absolute Gasteiger partial charge is 0.318 e. The summed E-state index contributed by atoms with van der Waals surface area (Å²) in [5, 5.41) is 12.7. The van der Waals surface area contributed by atoms with Crippen molar-refractivity contribution >= 4 is 41.0 Å². The van der Waals surface area contributed by atoms with Crippen LogP contribution in [0.3, 0.4) is 0 Å². The predicted molar refractivity (Wildman–Crippen MR) is 152 cm³/mol. The highest BCUT2D eigenvalue weighted by molar-refractivity contribution is 6.36. The van der Waals surface area contributed by atoms with Gasteiger partial charge in [0, 0.05) is 43.3 Å². The fourth-order valence-corrected chi connectivity index (χ4v) is 4.90. The van der Waals surface area contributed by atoms with Crippen molar-refractivity contribution in [1.82, 2.24) is 25.3 Å². The predicted octanol–water partition coefficient (Wildman–Crippen LogP) is 5.28. The molecule has 0 saturated carbocycles. The molecule has 0 radical (unpaired) electrons. The lowest BCUT2D eigenvalue weighted by Gasteiger charge is -2.37. The van der Waals surface area contributed by atoms with Crippen molar-refractivity contribution in [2.24, 2.45) is 0 Å². The van der Waals surface area contributed by atoms with Gasteiger partial charge in [-0.2, -0.15) is 0 Å². The molecule has 1 aromatic heterocycles. The lowest BCUT2D eigenvalue weighted by Crippen LogP contribution is -2.53. The first-order chi connectivity index (χ1) is 18.4. The Kier molecular flexibility index (Phi) is 9.42. The summed E-state index contributed by atoms with van der Waals surface area (Å²) in [6, 6.07) is 18.4. The zero-order valence-corrected chi connectivity index (χ0v) is 23.1. The Balaban J connectivity index is 1.37. The largest absolute Gasteiger partial charge is 0.352 e. The van der Waals surface area contributed by atoms with Gasteiger partial charge in [-0.25, -0.2) is 4.79 Å². The summed E-state index contributed by atoms with van der Waals surface area (Å²) < 4.78 is 0. The minimum atomic E-state index is -0.235. The number of amides is 3. The van der Waals surface area contributed by atoms with E-state index in [0.29, 0.717) is 48.5 Å². The Morgan fingerprint density at radius 3 is 2.37 bits per heavy atom. The molecule has 0 bridgehead atoms. The first-order valence-corrected chi connectivity index (χ1v) is 13.5. The van der Waals surface area contributed by atoms with E-state index in [-0.39, 0.29) is 24.5 Å². The van der Waals surface area contributed by atoms with Crippen molar-refractivity contribution in [3.05, 3.63) is 76.3 Å². The number of rotatable bonds is 8. The van der Waals surface area contributed by atoms with E-state index < -0.39 is 0 Å². The third-order valence-corrected chi connectivity index (χ3v) is 7.20. The lowest BCUT2D eigenvalue weighted by atomic mass is 10.1. The Morgan fingerprint density at radius 2 is 1.74 bits per heavy atom. The number of nitrogens with one attached hydrogen (secondary N) is 1. The molecule has 38 heavy (non-hydrogen) atoms. The lowest BCUT2D eigenvalue weighted by molar-refractivity contribution is -0.132. The second-order valence-corrected chi connectivity index (χ2v) is 10.1. The molecular weight excluding hydrogens is 523 g/mol. The van der Waals surface area contributed by atoms with Crippen LogP contribution >= 0.6 is 23.2 Å². The molecular formula is C28H32Cl2N6O2. The summed E-state index contributed by atoms with van der Waals surface area (Å²) in [4.78, 5) is 31.7. The Labute approximate surface area is 233 Å². The molecule has 1 N–H and O–H groups in total. The maximum Gasteiger partial charge on any atom is 0.318 e. The number of halogens is 2. The van der Waals surface area contributed by atoms with E-state index in [0.717, 1.165) is 23.4 Å². The molecule has 1 atom stereocenters. The van der Waals surface area contributed by atoms with Crippen LogP contribution in [0.5, 0.6) is 0 Å². The van der Waals surface area contributed by atoms with Crippen LogP contribution in [-0.4, -0.2) is 71.2 Å². The fraction of sp³-hybridized carbons (Fsp3) is 0.357. The van der Waals surface area contributed by atoms with E-state index in [2.05, 4.69) is 20.4 Å². The maximum atomic E-state index is 13.3.